The largest absolute Gasteiger partial charge is 0.508 e. The number of hydrogen-bond donors (Lipinski definition) is 1. The molecule has 3 aromatic rings. The van der Waals surface area contributed by atoms with Gasteiger partial charge >= 0.3 is 6.01 Å². The van der Waals surface area contributed by atoms with Crippen molar-refractivity contribution in [1.82, 2.24) is 19.8 Å². The lowest BCUT2D eigenvalue weighted by Gasteiger charge is -2.46. The van der Waals surface area contributed by atoms with Crippen LogP contribution in [0.4, 0.5) is 14.6 Å². The molecule has 3 fully saturated rings. The number of rotatable bonds is 10. The van der Waals surface area contributed by atoms with Crippen molar-refractivity contribution < 1.29 is 28.2 Å². The average molecular weight is 726 g/mol. The first-order valence-corrected chi connectivity index (χ1v) is 18.8. The van der Waals surface area contributed by atoms with Crippen LogP contribution in [-0.2, 0) is 16.0 Å². The number of phenols is 1. The predicted octanol–water partition coefficient (Wildman–Crippen LogP) is 6.55. The van der Waals surface area contributed by atoms with Crippen molar-refractivity contribution >= 4 is 34.1 Å². The molecule has 0 saturated carbocycles. The maximum atomic E-state index is 15.4. The monoisotopic (exact) mass is 725 g/mol. The van der Waals surface area contributed by atoms with Crippen LogP contribution in [0.15, 0.2) is 36.9 Å². The number of likely N-dealkylation sites (N-methyl/N-ethyl adjacent to an activating group) is 1. The topological polar surface area (TPSA) is 91.3 Å². The summed E-state index contributed by atoms with van der Waals surface area (Å²) in [6.45, 7) is 11.1. The number of carbonyl (C=O) groups excluding carboxylic acids is 1. The maximum Gasteiger partial charge on any atom is 0.318 e. The number of hydrogen-bond acceptors (Lipinski definition) is 8. The van der Waals surface area contributed by atoms with E-state index in [0.29, 0.717) is 80.0 Å². The van der Waals surface area contributed by atoms with E-state index < -0.39 is 17.5 Å². The highest BCUT2D eigenvalue weighted by atomic mass is 19.1. The van der Waals surface area contributed by atoms with E-state index in [1.807, 2.05) is 18.0 Å². The van der Waals surface area contributed by atoms with E-state index in [-0.39, 0.29) is 47.8 Å². The Labute approximate surface area is 310 Å². The third kappa shape index (κ3) is 6.99. The molecular formula is C42H49F2N5O4. The van der Waals surface area contributed by atoms with Crippen LogP contribution >= 0.6 is 0 Å². The van der Waals surface area contributed by atoms with Gasteiger partial charge in [0.2, 0.25) is 5.91 Å². The fourth-order valence-electron chi connectivity index (χ4n) is 9.11. The van der Waals surface area contributed by atoms with Gasteiger partial charge in [-0.3, -0.25) is 9.69 Å². The second-order valence-electron chi connectivity index (χ2n) is 15.3. The number of fused-ring (bicyclic) bond motifs is 2. The summed E-state index contributed by atoms with van der Waals surface area (Å²) in [4.78, 5) is 28.9. The highest BCUT2D eigenvalue weighted by Crippen LogP contribution is 2.43. The first-order valence-electron chi connectivity index (χ1n) is 18.8. The molecule has 0 unspecified atom stereocenters. The van der Waals surface area contributed by atoms with Crippen LogP contribution in [0.5, 0.6) is 11.8 Å². The van der Waals surface area contributed by atoms with Gasteiger partial charge in [-0.2, -0.15) is 9.97 Å². The van der Waals surface area contributed by atoms with Gasteiger partial charge in [-0.25, -0.2) is 8.78 Å². The summed E-state index contributed by atoms with van der Waals surface area (Å²) in [7, 11) is 1.97. The SMILES string of the molecule is C#Cc1c(F)ccc2cc(O)cc(C3=Cc4nc(OC[C@]5(C(C)C)C[C@@H](F)CN5C5CCOCC5)nc(N(C)C[C@@H]5CCCN5C(=O)C=C)c4CC3)c12. The number of phenolic OH excluding ortho intramolecular Hbond substituents is 1. The molecule has 3 aliphatic heterocycles. The van der Waals surface area contributed by atoms with Gasteiger partial charge in [-0.15, -0.1) is 6.42 Å². The zero-order valence-electron chi connectivity index (χ0n) is 30.9. The second kappa shape index (κ2) is 15.1. The molecule has 280 valence electrons. The van der Waals surface area contributed by atoms with Crippen LogP contribution in [-0.4, -0.2) is 101 Å². The minimum Gasteiger partial charge on any atom is -0.508 e. The Kier molecular flexibility index (Phi) is 10.5. The van der Waals surface area contributed by atoms with E-state index >= 15 is 8.78 Å². The third-order valence-corrected chi connectivity index (χ3v) is 11.9. The number of likely N-dealkylation sites (tertiary alicyclic amines) is 2. The fraction of sp³-hybridized carbons (Fsp3) is 0.500. The van der Waals surface area contributed by atoms with Gasteiger partial charge in [0.15, 0.2) is 0 Å². The van der Waals surface area contributed by atoms with Crippen molar-refractivity contribution in [2.45, 2.75) is 82.6 Å². The van der Waals surface area contributed by atoms with E-state index in [4.69, 9.17) is 25.9 Å². The van der Waals surface area contributed by atoms with Crippen molar-refractivity contribution in [2.24, 2.45) is 5.92 Å². The first kappa shape index (κ1) is 36.8. The molecule has 11 heteroatoms. The minimum absolute atomic E-state index is 0.0110. The van der Waals surface area contributed by atoms with Crippen molar-refractivity contribution in [3.05, 3.63) is 65.1 Å². The van der Waals surface area contributed by atoms with Crippen LogP contribution in [0.2, 0.25) is 0 Å². The summed E-state index contributed by atoms with van der Waals surface area (Å²) in [5, 5.41) is 11.9. The average Bonchev–Trinajstić information content (AvgIpc) is 3.77. The van der Waals surface area contributed by atoms with Gasteiger partial charge in [0.1, 0.15) is 30.2 Å². The zero-order valence-corrected chi connectivity index (χ0v) is 30.9. The standard InChI is InChI=1S/C42H49F2N5O4/c1-6-33-36(44)13-11-28-19-32(50)21-35(39(28)33)27-10-12-34-37(20-27)45-41(46-40(34)47(5)24-31-9-8-16-48(31)38(51)7-2)53-25-42(26(3)4)22-29(43)23-49(42)30-14-17-52-18-15-30/h1,7,11,13,19-21,26,29-31,50H,2,8-10,12,14-18,22-25H2,3-5H3/t29-,31+,42+/m1/s1. The molecule has 7 rings (SSSR count). The highest BCUT2D eigenvalue weighted by Gasteiger charge is 2.51. The zero-order chi connectivity index (χ0) is 37.4. The first-order chi connectivity index (χ1) is 25.5. The van der Waals surface area contributed by atoms with Crippen LogP contribution in [0, 0.1) is 24.1 Å². The van der Waals surface area contributed by atoms with Gasteiger partial charge in [0.25, 0.3) is 0 Å². The molecule has 0 radical (unpaired) electrons. The van der Waals surface area contributed by atoms with Gasteiger partial charge < -0.3 is 24.4 Å². The minimum atomic E-state index is -0.969. The van der Waals surface area contributed by atoms with Crippen molar-refractivity contribution in [2.75, 3.05) is 51.4 Å². The van der Waals surface area contributed by atoms with E-state index in [0.717, 1.165) is 36.8 Å². The predicted molar refractivity (Wildman–Crippen MR) is 203 cm³/mol. The number of aromatic nitrogens is 2. The Morgan fingerprint density at radius 3 is 2.77 bits per heavy atom. The highest BCUT2D eigenvalue weighted by molar-refractivity contribution is 6.02. The van der Waals surface area contributed by atoms with Gasteiger partial charge in [-0.1, -0.05) is 32.4 Å². The molecule has 0 bridgehead atoms. The molecule has 1 aliphatic carbocycles. The lowest BCUT2D eigenvalue weighted by molar-refractivity contribution is -0.126. The lowest BCUT2D eigenvalue weighted by atomic mass is 9.83. The molecule has 0 spiro atoms. The number of anilines is 1. The number of amides is 1. The smallest absolute Gasteiger partial charge is 0.318 e. The number of ether oxygens (including phenoxy) is 2. The molecule has 1 aromatic heterocycles. The van der Waals surface area contributed by atoms with Crippen LogP contribution in [0.3, 0.4) is 0 Å². The van der Waals surface area contributed by atoms with Gasteiger partial charge in [0, 0.05) is 69.3 Å². The Morgan fingerprint density at radius 1 is 1.25 bits per heavy atom. The van der Waals surface area contributed by atoms with Crippen molar-refractivity contribution in [1.29, 1.82) is 0 Å². The summed E-state index contributed by atoms with van der Waals surface area (Å²) in [6, 6.07) is 6.52. The number of carbonyl (C=O) groups is 1. The van der Waals surface area contributed by atoms with E-state index in [1.165, 1.54) is 12.1 Å². The summed E-state index contributed by atoms with van der Waals surface area (Å²) < 4.78 is 42.6. The number of terminal acetylenes is 1. The molecule has 3 saturated heterocycles. The summed E-state index contributed by atoms with van der Waals surface area (Å²) >= 11 is 0. The quantitative estimate of drug-likeness (QED) is 0.186. The molecule has 3 atom stereocenters. The molecule has 4 aliphatic rings. The van der Waals surface area contributed by atoms with E-state index in [2.05, 4.69) is 36.1 Å². The molecule has 9 nitrogen and oxygen atoms in total. The lowest BCUT2D eigenvalue weighted by Crippen LogP contribution is -2.57. The molecular weight excluding hydrogens is 676 g/mol. The van der Waals surface area contributed by atoms with E-state index in [9.17, 15) is 9.90 Å². The molecule has 2 aromatic carbocycles. The number of halogens is 2. The Hall–Kier alpha value is -4.53. The van der Waals surface area contributed by atoms with Gasteiger partial charge in [-0.05, 0) is 91.3 Å². The third-order valence-electron chi connectivity index (χ3n) is 11.9. The Balaban J connectivity index is 1.29. The normalized spacial score (nSPS) is 23.6. The van der Waals surface area contributed by atoms with Gasteiger partial charge in [0.05, 0.1) is 16.8 Å². The molecule has 4 heterocycles. The number of allylic oxidation sites excluding steroid dienone is 1. The number of benzene rings is 2. The summed E-state index contributed by atoms with van der Waals surface area (Å²) in [6.07, 6.45) is 13.1. The molecule has 1 N–H and O–H groups in total. The summed E-state index contributed by atoms with van der Waals surface area (Å²) in [5.74, 6) is 2.77. The summed E-state index contributed by atoms with van der Waals surface area (Å²) in [5.41, 5.74) is 2.64. The maximum absolute atomic E-state index is 15.4. The second-order valence-corrected chi connectivity index (χ2v) is 15.3. The van der Waals surface area contributed by atoms with E-state index in [1.54, 1.807) is 18.2 Å². The van der Waals surface area contributed by atoms with Crippen molar-refractivity contribution in [3.8, 4) is 24.1 Å². The van der Waals surface area contributed by atoms with Crippen LogP contribution < -0.4 is 9.64 Å². The molecule has 1 amide bonds. The van der Waals surface area contributed by atoms with Crippen LogP contribution in [0.25, 0.3) is 22.4 Å². The fourth-order valence-corrected chi connectivity index (χ4v) is 9.11. The number of nitrogens with zero attached hydrogens (tertiary/aromatic N) is 5. The van der Waals surface area contributed by atoms with Crippen molar-refractivity contribution in [3.63, 3.8) is 0 Å². The van der Waals surface area contributed by atoms with Crippen LogP contribution in [0.1, 0.15) is 74.8 Å². The number of alkyl halides is 1. The Morgan fingerprint density at radius 2 is 2.04 bits per heavy atom. The number of aromatic hydroxyl groups is 1. The molecule has 53 heavy (non-hydrogen) atoms. The Bertz CT molecular complexity index is 1970.